The summed E-state index contributed by atoms with van der Waals surface area (Å²) in [5.41, 5.74) is 6.60. The molecule has 0 atom stereocenters. The van der Waals surface area contributed by atoms with Crippen LogP contribution in [0.25, 0.3) is 10.2 Å². The lowest BCUT2D eigenvalue weighted by atomic mass is 10.2. The minimum atomic E-state index is -0.398. The zero-order valence-corrected chi connectivity index (χ0v) is 11.5. The predicted molar refractivity (Wildman–Crippen MR) is 75.1 cm³/mol. The van der Waals surface area contributed by atoms with E-state index < -0.39 is 5.97 Å². The molecule has 0 saturated heterocycles. The number of ether oxygens (including phenoxy) is 2. The van der Waals surface area contributed by atoms with E-state index in [-0.39, 0.29) is 0 Å². The van der Waals surface area contributed by atoms with Crippen molar-refractivity contribution in [3.63, 3.8) is 0 Å². The SMILES string of the molecule is COC(=O)c1cc(OC)c2nc(NCCN)sc2c1. The summed E-state index contributed by atoms with van der Waals surface area (Å²) in [5, 5.41) is 3.86. The molecule has 1 heterocycles. The highest BCUT2D eigenvalue weighted by Crippen LogP contribution is 2.33. The van der Waals surface area contributed by atoms with Crippen LogP contribution in [0, 0.1) is 0 Å². The van der Waals surface area contributed by atoms with E-state index in [1.807, 2.05) is 0 Å². The van der Waals surface area contributed by atoms with Crippen LogP contribution in [0.2, 0.25) is 0 Å². The van der Waals surface area contributed by atoms with Crippen molar-refractivity contribution in [2.24, 2.45) is 5.73 Å². The molecule has 2 rings (SSSR count). The first-order chi connectivity index (χ1) is 9.19. The molecule has 0 aliphatic carbocycles. The molecule has 1 aromatic carbocycles. The number of carbonyl (C=O) groups excluding carboxylic acids is 1. The molecule has 19 heavy (non-hydrogen) atoms. The van der Waals surface area contributed by atoms with Gasteiger partial charge in [-0.15, -0.1) is 0 Å². The van der Waals surface area contributed by atoms with Gasteiger partial charge >= 0.3 is 5.97 Å². The van der Waals surface area contributed by atoms with Gasteiger partial charge in [-0.2, -0.15) is 0 Å². The second kappa shape index (κ2) is 5.85. The Balaban J connectivity index is 2.47. The van der Waals surface area contributed by atoms with Gasteiger partial charge in [0.2, 0.25) is 0 Å². The van der Waals surface area contributed by atoms with Crippen LogP contribution in [0.3, 0.4) is 0 Å². The quantitative estimate of drug-likeness (QED) is 0.807. The van der Waals surface area contributed by atoms with Crippen molar-refractivity contribution >= 4 is 32.7 Å². The summed E-state index contributed by atoms with van der Waals surface area (Å²) < 4.78 is 10.8. The number of benzene rings is 1. The summed E-state index contributed by atoms with van der Waals surface area (Å²) in [6.45, 7) is 1.17. The van der Waals surface area contributed by atoms with Crippen LogP contribution in [0.1, 0.15) is 10.4 Å². The number of methoxy groups -OCH3 is 2. The second-order valence-electron chi connectivity index (χ2n) is 3.75. The van der Waals surface area contributed by atoms with Crippen molar-refractivity contribution in [3.05, 3.63) is 17.7 Å². The number of hydrogen-bond donors (Lipinski definition) is 2. The molecule has 0 spiro atoms. The number of thiazole rings is 1. The van der Waals surface area contributed by atoms with Crippen molar-refractivity contribution < 1.29 is 14.3 Å². The van der Waals surface area contributed by atoms with E-state index in [4.69, 9.17) is 15.2 Å². The standard InChI is InChI=1S/C12H15N3O3S/c1-17-8-5-7(11(16)18-2)6-9-10(8)15-12(19-9)14-4-3-13/h5-6H,3-4,13H2,1-2H3,(H,14,15). The molecule has 0 fully saturated rings. The van der Waals surface area contributed by atoms with Crippen molar-refractivity contribution in [2.75, 3.05) is 32.6 Å². The van der Waals surface area contributed by atoms with Gasteiger partial charge in [-0.25, -0.2) is 9.78 Å². The Morgan fingerprint density at radius 3 is 2.89 bits per heavy atom. The molecule has 0 radical (unpaired) electrons. The van der Waals surface area contributed by atoms with Crippen LogP contribution >= 0.6 is 11.3 Å². The Bertz CT molecular complexity index is 597. The Morgan fingerprint density at radius 1 is 1.47 bits per heavy atom. The Kier molecular flexibility index (Phi) is 4.18. The summed E-state index contributed by atoms with van der Waals surface area (Å²) in [6, 6.07) is 3.37. The molecule has 7 heteroatoms. The number of esters is 1. The van der Waals surface area contributed by atoms with Gasteiger partial charge in [0, 0.05) is 13.1 Å². The predicted octanol–water partition coefficient (Wildman–Crippen LogP) is 1.46. The van der Waals surface area contributed by atoms with E-state index in [1.165, 1.54) is 18.4 Å². The average molecular weight is 281 g/mol. The minimum absolute atomic E-state index is 0.398. The van der Waals surface area contributed by atoms with Gasteiger partial charge in [0.15, 0.2) is 5.13 Å². The Labute approximate surface area is 114 Å². The maximum atomic E-state index is 11.6. The topological polar surface area (TPSA) is 86.5 Å². The molecule has 2 aromatic rings. The molecular formula is C12H15N3O3S. The lowest BCUT2D eigenvalue weighted by molar-refractivity contribution is 0.0600. The lowest BCUT2D eigenvalue weighted by Crippen LogP contribution is -2.12. The third-order valence-corrected chi connectivity index (χ3v) is 3.48. The Hall–Kier alpha value is -1.86. The maximum Gasteiger partial charge on any atom is 0.338 e. The smallest absolute Gasteiger partial charge is 0.338 e. The first kappa shape index (κ1) is 13.6. The van der Waals surface area contributed by atoms with Crippen LogP contribution in [0.4, 0.5) is 5.13 Å². The van der Waals surface area contributed by atoms with E-state index in [0.29, 0.717) is 24.4 Å². The largest absolute Gasteiger partial charge is 0.494 e. The third-order valence-electron chi connectivity index (χ3n) is 2.52. The highest BCUT2D eigenvalue weighted by Gasteiger charge is 2.14. The average Bonchev–Trinajstić information content (AvgIpc) is 2.85. The molecule has 0 unspecified atom stereocenters. The van der Waals surface area contributed by atoms with Crippen molar-refractivity contribution in [2.45, 2.75) is 0 Å². The molecule has 0 bridgehead atoms. The van der Waals surface area contributed by atoms with Crippen LogP contribution < -0.4 is 15.8 Å². The maximum absolute atomic E-state index is 11.6. The molecule has 0 amide bonds. The molecule has 102 valence electrons. The lowest BCUT2D eigenvalue weighted by Gasteiger charge is -2.03. The number of fused-ring (bicyclic) bond motifs is 1. The van der Waals surface area contributed by atoms with Gasteiger partial charge in [0.05, 0.1) is 24.5 Å². The van der Waals surface area contributed by atoms with Crippen LogP contribution in [-0.4, -0.2) is 38.3 Å². The van der Waals surface area contributed by atoms with Crippen molar-refractivity contribution in [1.82, 2.24) is 4.98 Å². The van der Waals surface area contributed by atoms with E-state index in [0.717, 1.165) is 15.3 Å². The van der Waals surface area contributed by atoms with Gasteiger partial charge in [-0.1, -0.05) is 11.3 Å². The summed E-state index contributed by atoms with van der Waals surface area (Å²) in [4.78, 5) is 16.0. The number of anilines is 1. The normalized spacial score (nSPS) is 10.5. The van der Waals surface area contributed by atoms with Gasteiger partial charge in [-0.05, 0) is 12.1 Å². The Morgan fingerprint density at radius 2 is 2.26 bits per heavy atom. The number of aromatic nitrogens is 1. The van der Waals surface area contributed by atoms with Crippen molar-refractivity contribution in [1.29, 1.82) is 0 Å². The third kappa shape index (κ3) is 2.77. The number of nitrogens with zero attached hydrogens (tertiary/aromatic N) is 1. The number of carbonyl (C=O) groups is 1. The summed E-state index contributed by atoms with van der Waals surface area (Å²) >= 11 is 1.44. The first-order valence-electron chi connectivity index (χ1n) is 5.70. The summed E-state index contributed by atoms with van der Waals surface area (Å²) in [7, 11) is 2.89. The number of hydrogen-bond acceptors (Lipinski definition) is 7. The van der Waals surface area contributed by atoms with Crippen LogP contribution in [0.5, 0.6) is 5.75 Å². The molecule has 0 aliphatic rings. The molecule has 3 N–H and O–H groups in total. The van der Waals surface area contributed by atoms with Crippen molar-refractivity contribution in [3.8, 4) is 5.75 Å². The van der Waals surface area contributed by atoms with Crippen LogP contribution in [-0.2, 0) is 4.74 Å². The van der Waals surface area contributed by atoms with E-state index in [1.54, 1.807) is 19.2 Å². The monoisotopic (exact) mass is 281 g/mol. The second-order valence-corrected chi connectivity index (χ2v) is 4.78. The fraction of sp³-hybridized carbons (Fsp3) is 0.333. The summed E-state index contributed by atoms with van der Waals surface area (Å²) in [6.07, 6.45) is 0. The highest BCUT2D eigenvalue weighted by molar-refractivity contribution is 7.22. The minimum Gasteiger partial charge on any atom is -0.494 e. The first-order valence-corrected chi connectivity index (χ1v) is 6.52. The fourth-order valence-electron chi connectivity index (χ4n) is 1.64. The van der Waals surface area contributed by atoms with E-state index >= 15 is 0 Å². The summed E-state index contributed by atoms with van der Waals surface area (Å²) in [5.74, 6) is 0.153. The van der Waals surface area contributed by atoms with Crippen LogP contribution in [0.15, 0.2) is 12.1 Å². The molecule has 0 aliphatic heterocycles. The van der Waals surface area contributed by atoms with Gasteiger partial charge in [-0.3, -0.25) is 0 Å². The fourth-order valence-corrected chi connectivity index (χ4v) is 2.59. The molecule has 1 aromatic heterocycles. The van der Waals surface area contributed by atoms with Gasteiger partial charge in [0.25, 0.3) is 0 Å². The molecular weight excluding hydrogens is 266 g/mol. The van der Waals surface area contributed by atoms with Gasteiger partial charge in [0.1, 0.15) is 11.3 Å². The molecule has 0 saturated carbocycles. The number of rotatable bonds is 5. The zero-order chi connectivity index (χ0) is 13.8. The number of nitrogens with one attached hydrogen (secondary N) is 1. The zero-order valence-electron chi connectivity index (χ0n) is 10.7. The number of nitrogens with two attached hydrogens (primary N) is 1. The van der Waals surface area contributed by atoms with E-state index in [9.17, 15) is 4.79 Å². The van der Waals surface area contributed by atoms with E-state index in [2.05, 4.69) is 10.3 Å². The van der Waals surface area contributed by atoms with Gasteiger partial charge < -0.3 is 20.5 Å². The highest BCUT2D eigenvalue weighted by atomic mass is 32.1. The molecule has 6 nitrogen and oxygen atoms in total.